The molecule has 0 bridgehead atoms. The molecule has 8 heteroatoms. The number of fused-ring (bicyclic) bond motifs is 1. The van der Waals surface area contributed by atoms with E-state index in [1.165, 1.54) is 4.68 Å². The van der Waals surface area contributed by atoms with E-state index < -0.39 is 17.3 Å². The highest BCUT2D eigenvalue weighted by Crippen LogP contribution is 2.42. The number of alkyl halides is 4. The second-order valence-electron chi connectivity index (χ2n) is 6.11. The van der Waals surface area contributed by atoms with Gasteiger partial charge in [0.1, 0.15) is 11.3 Å². The highest BCUT2D eigenvalue weighted by atomic mass is 79.9. The fourth-order valence-corrected chi connectivity index (χ4v) is 3.07. The van der Waals surface area contributed by atoms with Gasteiger partial charge in [-0.15, -0.1) is 0 Å². The third-order valence-electron chi connectivity index (χ3n) is 3.98. The molecule has 1 saturated carbocycles. The topological polar surface area (TPSA) is 47.3 Å². The van der Waals surface area contributed by atoms with Crippen molar-refractivity contribution in [1.82, 2.24) is 9.78 Å². The van der Waals surface area contributed by atoms with Gasteiger partial charge in [0, 0.05) is 16.9 Å². The van der Waals surface area contributed by atoms with Crippen molar-refractivity contribution < 1.29 is 23.0 Å². The fourth-order valence-electron chi connectivity index (χ4n) is 2.91. The Hall–Kier alpha value is -1.28. The van der Waals surface area contributed by atoms with Crippen LogP contribution in [0.5, 0.6) is 5.75 Å². The molecule has 1 aromatic carbocycles. The van der Waals surface area contributed by atoms with Gasteiger partial charge in [-0.1, -0.05) is 15.9 Å². The highest BCUT2D eigenvalue weighted by Gasteiger charge is 2.41. The van der Waals surface area contributed by atoms with Crippen LogP contribution in [0, 0.1) is 0 Å². The summed E-state index contributed by atoms with van der Waals surface area (Å²) in [7, 11) is 0. The van der Waals surface area contributed by atoms with Gasteiger partial charge in [-0.2, -0.15) is 18.3 Å². The Bertz CT molecular complexity index is 719. The molecule has 0 atom stereocenters. The van der Waals surface area contributed by atoms with Crippen LogP contribution in [0.15, 0.2) is 18.3 Å². The summed E-state index contributed by atoms with van der Waals surface area (Å²) in [6.07, 6.45) is -1.95. The first-order valence-corrected chi connectivity index (χ1v) is 8.33. The van der Waals surface area contributed by atoms with Crippen LogP contribution >= 0.6 is 15.9 Å². The summed E-state index contributed by atoms with van der Waals surface area (Å²) in [6.45, 7) is 1.99. The number of hydrogen-bond acceptors (Lipinski definition) is 3. The van der Waals surface area contributed by atoms with Gasteiger partial charge in [0.25, 0.3) is 0 Å². The quantitative estimate of drug-likeness (QED) is 0.802. The van der Waals surface area contributed by atoms with Gasteiger partial charge in [-0.3, -0.25) is 4.68 Å². The summed E-state index contributed by atoms with van der Waals surface area (Å²) in [5.41, 5.74) is -1.65. The van der Waals surface area contributed by atoms with E-state index in [9.17, 15) is 18.3 Å². The Morgan fingerprint density at radius 3 is 2.70 bits per heavy atom. The molecule has 4 nitrogen and oxygen atoms in total. The zero-order chi connectivity index (χ0) is 16.8. The zero-order valence-electron chi connectivity index (χ0n) is 12.4. The molecule has 0 spiro atoms. The minimum absolute atomic E-state index is 0.0783. The zero-order valence-corrected chi connectivity index (χ0v) is 14.0. The Morgan fingerprint density at radius 2 is 2.13 bits per heavy atom. The molecule has 0 amide bonds. The Morgan fingerprint density at radius 1 is 1.43 bits per heavy atom. The fraction of sp³-hybridized carbons (Fsp3) is 0.533. The molecule has 1 N–H and O–H groups in total. The maximum atomic E-state index is 13.3. The molecule has 0 saturated heterocycles. The molecule has 1 aliphatic rings. The monoisotopic (exact) mass is 392 g/mol. The molecule has 0 radical (unpaired) electrons. The van der Waals surface area contributed by atoms with Crippen LogP contribution in [0.1, 0.15) is 31.4 Å². The first-order valence-electron chi connectivity index (χ1n) is 7.21. The second-order valence-corrected chi connectivity index (χ2v) is 6.90. The maximum absolute atomic E-state index is 13.3. The Labute approximate surface area is 139 Å². The summed E-state index contributed by atoms with van der Waals surface area (Å²) >= 11 is 3.18. The molecule has 0 unspecified atom stereocenters. The van der Waals surface area contributed by atoms with Crippen LogP contribution in [-0.4, -0.2) is 32.4 Å². The number of aliphatic hydroxyl groups is 1. The molecule has 2 aromatic rings. The van der Waals surface area contributed by atoms with Gasteiger partial charge >= 0.3 is 6.18 Å². The molecular weight excluding hydrogens is 377 g/mol. The smallest absolute Gasteiger partial charge is 0.418 e. The van der Waals surface area contributed by atoms with Crippen molar-refractivity contribution in [3.8, 4) is 5.75 Å². The first-order chi connectivity index (χ1) is 10.7. The molecule has 3 rings (SSSR count). The van der Waals surface area contributed by atoms with E-state index in [0.717, 1.165) is 6.07 Å². The van der Waals surface area contributed by atoms with E-state index in [1.54, 1.807) is 19.2 Å². The number of nitrogens with zero attached hydrogens (tertiary/aromatic N) is 2. The van der Waals surface area contributed by atoms with Gasteiger partial charge in [0.15, 0.2) is 0 Å². The van der Waals surface area contributed by atoms with Crippen molar-refractivity contribution in [3.05, 3.63) is 23.9 Å². The van der Waals surface area contributed by atoms with Crippen LogP contribution < -0.4 is 4.74 Å². The van der Waals surface area contributed by atoms with Crippen molar-refractivity contribution in [1.29, 1.82) is 0 Å². The van der Waals surface area contributed by atoms with Crippen LogP contribution in [0.3, 0.4) is 0 Å². The minimum atomic E-state index is -4.50. The maximum Gasteiger partial charge on any atom is 0.418 e. The van der Waals surface area contributed by atoms with E-state index in [1.807, 2.05) is 0 Å². The summed E-state index contributed by atoms with van der Waals surface area (Å²) in [5, 5.41) is 14.8. The van der Waals surface area contributed by atoms with Gasteiger partial charge in [0.05, 0.1) is 23.8 Å². The van der Waals surface area contributed by atoms with E-state index in [0.29, 0.717) is 23.6 Å². The standard InChI is InChI=1S/C15H16BrF3N2O2/c1-14(22)6-10(7-14)21-8-9-4-11(23-3-2-16)5-12(13(9)20-21)15(17,18)19/h4-5,8,10,22H,2-3,6-7H2,1H3/t10-,14+. The lowest BCUT2D eigenvalue weighted by Gasteiger charge is -2.40. The summed E-state index contributed by atoms with van der Waals surface area (Å²) < 4.78 is 46.7. The average Bonchev–Trinajstić information content (AvgIpc) is 2.83. The largest absolute Gasteiger partial charge is 0.493 e. The van der Waals surface area contributed by atoms with Crippen molar-refractivity contribution in [3.63, 3.8) is 0 Å². The van der Waals surface area contributed by atoms with Crippen LogP contribution in [-0.2, 0) is 6.18 Å². The van der Waals surface area contributed by atoms with E-state index in [-0.39, 0.29) is 23.9 Å². The molecule has 0 aliphatic heterocycles. The lowest BCUT2D eigenvalue weighted by atomic mass is 9.77. The third-order valence-corrected chi connectivity index (χ3v) is 4.30. The minimum Gasteiger partial charge on any atom is -0.493 e. The van der Waals surface area contributed by atoms with Crippen LogP contribution in [0.2, 0.25) is 0 Å². The van der Waals surface area contributed by atoms with Crippen molar-refractivity contribution in [2.24, 2.45) is 0 Å². The summed E-state index contributed by atoms with van der Waals surface area (Å²) in [4.78, 5) is 0. The number of halogens is 4. The first kappa shape index (κ1) is 16.6. The molecular formula is C15H16BrF3N2O2. The van der Waals surface area contributed by atoms with Crippen LogP contribution in [0.4, 0.5) is 13.2 Å². The van der Waals surface area contributed by atoms with Gasteiger partial charge in [-0.05, 0) is 31.9 Å². The van der Waals surface area contributed by atoms with E-state index in [2.05, 4.69) is 21.0 Å². The van der Waals surface area contributed by atoms with Crippen molar-refractivity contribution >= 4 is 26.8 Å². The van der Waals surface area contributed by atoms with Gasteiger partial charge < -0.3 is 9.84 Å². The van der Waals surface area contributed by atoms with E-state index in [4.69, 9.17) is 4.74 Å². The lowest BCUT2D eigenvalue weighted by Crippen LogP contribution is -2.42. The predicted molar refractivity (Wildman–Crippen MR) is 82.9 cm³/mol. The number of hydrogen-bond donors (Lipinski definition) is 1. The number of benzene rings is 1. The molecule has 1 fully saturated rings. The van der Waals surface area contributed by atoms with E-state index >= 15 is 0 Å². The Balaban J connectivity index is 2.02. The third kappa shape index (κ3) is 3.33. The summed E-state index contributed by atoms with van der Waals surface area (Å²) in [5.74, 6) is 0.171. The van der Waals surface area contributed by atoms with Crippen LogP contribution in [0.25, 0.3) is 10.9 Å². The highest BCUT2D eigenvalue weighted by molar-refractivity contribution is 9.09. The average molecular weight is 393 g/mol. The normalized spacial score (nSPS) is 24.7. The number of rotatable bonds is 4. The second kappa shape index (κ2) is 5.66. The Kier molecular flexibility index (Phi) is 4.08. The lowest BCUT2D eigenvalue weighted by molar-refractivity contribution is -0.136. The molecule has 23 heavy (non-hydrogen) atoms. The molecule has 1 aromatic heterocycles. The number of ether oxygens (including phenoxy) is 1. The summed E-state index contributed by atoms with van der Waals surface area (Å²) in [6, 6.07) is 2.47. The predicted octanol–water partition coefficient (Wildman–Crippen LogP) is 3.91. The van der Waals surface area contributed by atoms with Gasteiger partial charge in [0.2, 0.25) is 0 Å². The molecule has 1 aliphatic carbocycles. The van der Waals surface area contributed by atoms with Gasteiger partial charge in [-0.25, -0.2) is 0 Å². The number of aromatic nitrogens is 2. The molecule has 1 heterocycles. The SMILES string of the molecule is C[C@]1(O)C[C@@H](n2cc3cc(OCCBr)cc(C(F)(F)F)c3n2)C1. The van der Waals surface area contributed by atoms with Crippen molar-refractivity contribution in [2.75, 3.05) is 11.9 Å². The molecule has 126 valence electrons. The van der Waals surface area contributed by atoms with Crippen molar-refractivity contribution in [2.45, 2.75) is 37.6 Å².